The molecule has 0 aliphatic carbocycles. The summed E-state index contributed by atoms with van der Waals surface area (Å²) in [7, 11) is 0. The molecule has 0 saturated carbocycles. The van der Waals surface area contributed by atoms with Crippen LogP contribution in [0.2, 0.25) is 0 Å². The largest absolute Gasteiger partial charge is 0.508 e. The molecule has 3 heteroatoms. The Balaban J connectivity index is 1.57. The fourth-order valence-electron chi connectivity index (χ4n) is 4.57. The van der Waals surface area contributed by atoms with Crippen LogP contribution in [0, 0.1) is 0 Å². The number of aromatic hydroxyl groups is 2. The average Bonchev–Trinajstić information content (AvgIpc) is 2.90. The standard InChI is InChI=1S/C32H27NO2/c34-30-16-14-25(21-27(30)19-23-9-3-1-4-10-23)32(29-13-7-8-18-33-29)26-15-17-31(35)28(22-26)20-24-11-5-2-6-12-24/h1-18,21-22,32,34-35H,19-20H2. The van der Waals surface area contributed by atoms with Crippen LogP contribution in [0.25, 0.3) is 0 Å². The zero-order valence-corrected chi connectivity index (χ0v) is 19.4. The van der Waals surface area contributed by atoms with Gasteiger partial charge in [0.05, 0.1) is 11.6 Å². The van der Waals surface area contributed by atoms with Crippen LogP contribution in [-0.2, 0) is 12.8 Å². The summed E-state index contributed by atoms with van der Waals surface area (Å²) in [5.74, 6) is 0.433. The number of rotatable bonds is 7. The predicted octanol–water partition coefficient (Wildman–Crippen LogP) is 6.85. The Morgan fingerprint density at radius 3 is 1.49 bits per heavy atom. The molecule has 5 aromatic rings. The molecular formula is C32H27NO2. The number of hydrogen-bond donors (Lipinski definition) is 2. The molecule has 5 rings (SSSR count). The van der Waals surface area contributed by atoms with E-state index in [4.69, 9.17) is 0 Å². The van der Waals surface area contributed by atoms with E-state index in [2.05, 4.69) is 41.4 Å². The number of nitrogens with zero attached hydrogens (tertiary/aromatic N) is 1. The predicted molar refractivity (Wildman–Crippen MR) is 140 cm³/mol. The Morgan fingerprint density at radius 2 is 1.03 bits per heavy atom. The zero-order chi connectivity index (χ0) is 24.0. The Kier molecular flexibility index (Phi) is 6.58. The Labute approximate surface area is 206 Å². The molecule has 0 unspecified atom stereocenters. The lowest BCUT2D eigenvalue weighted by atomic mass is 9.85. The van der Waals surface area contributed by atoms with Gasteiger partial charge in [-0.2, -0.15) is 0 Å². The second kappa shape index (κ2) is 10.3. The molecule has 0 fully saturated rings. The summed E-state index contributed by atoms with van der Waals surface area (Å²) in [4.78, 5) is 4.68. The molecule has 0 saturated heterocycles. The van der Waals surface area contributed by atoms with Crippen molar-refractivity contribution in [2.45, 2.75) is 18.8 Å². The third kappa shape index (κ3) is 5.25. The minimum absolute atomic E-state index is 0.138. The van der Waals surface area contributed by atoms with Crippen LogP contribution in [-0.4, -0.2) is 15.2 Å². The van der Waals surface area contributed by atoms with Crippen molar-refractivity contribution in [1.82, 2.24) is 4.98 Å². The van der Waals surface area contributed by atoms with Crippen LogP contribution in [0.15, 0.2) is 121 Å². The second-order valence-electron chi connectivity index (χ2n) is 8.79. The topological polar surface area (TPSA) is 53.4 Å². The summed E-state index contributed by atoms with van der Waals surface area (Å²) in [6.45, 7) is 0. The summed E-state index contributed by atoms with van der Waals surface area (Å²) in [6, 6.07) is 37.9. The van der Waals surface area contributed by atoms with E-state index in [1.54, 1.807) is 18.3 Å². The highest BCUT2D eigenvalue weighted by molar-refractivity contribution is 5.49. The van der Waals surface area contributed by atoms with Crippen molar-refractivity contribution >= 4 is 0 Å². The lowest BCUT2D eigenvalue weighted by molar-refractivity contribution is 0.469. The minimum atomic E-state index is -0.138. The maximum absolute atomic E-state index is 10.6. The lowest BCUT2D eigenvalue weighted by Crippen LogP contribution is -2.07. The van der Waals surface area contributed by atoms with Crippen molar-refractivity contribution in [2.75, 3.05) is 0 Å². The molecule has 2 N–H and O–H groups in total. The van der Waals surface area contributed by atoms with Crippen LogP contribution in [0.4, 0.5) is 0 Å². The van der Waals surface area contributed by atoms with Crippen molar-refractivity contribution in [1.29, 1.82) is 0 Å². The van der Waals surface area contributed by atoms with E-state index in [1.165, 1.54) is 0 Å². The molecule has 35 heavy (non-hydrogen) atoms. The van der Waals surface area contributed by atoms with Crippen LogP contribution in [0.5, 0.6) is 11.5 Å². The van der Waals surface area contributed by atoms with Gasteiger partial charge < -0.3 is 10.2 Å². The lowest BCUT2D eigenvalue weighted by Gasteiger charge is -2.20. The summed E-state index contributed by atoms with van der Waals surface area (Å²) in [6.07, 6.45) is 3.09. The second-order valence-corrected chi connectivity index (χ2v) is 8.79. The molecular weight excluding hydrogens is 430 g/mol. The Bertz CT molecular complexity index is 1310. The molecule has 172 valence electrons. The summed E-state index contributed by atoms with van der Waals surface area (Å²) >= 11 is 0. The number of aromatic nitrogens is 1. The molecule has 0 amide bonds. The third-order valence-corrected chi connectivity index (χ3v) is 6.33. The first kappa shape index (κ1) is 22.4. The average molecular weight is 458 g/mol. The SMILES string of the molecule is Oc1ccc(C(c2ccc(O)c(Cc3ccccc3)c2)c2ccccn2)cc1Cc1ccccc1. The van der Waals surface area contributed by atoms with Gasteiger partial charge in [0.25, 0.3) is 0 Å². The van der Waals surface area contributed by atoms with Gasteiger partial charge in [0.1, 0.15) is 11.5 Å². The fraction of sp³-hybridized carbons (Fsp3) is 0.0938. The number of hydrogen-bond acceptors (Lipinski definition) is 3. The Hall–Kier alpha value is -4.37. The molecule has 0 bridgehead atoms. The number of phenolic OH excluding ortho intramolecular Hbond substituents is 2. The van der Waals surface area contributed by atoms with E-state index >= 15 is 0 Å². The smallest absolute Gasteiger partial charge is 0.119 e. The monoisotopic (exact) mass is 457 g/mol. The molecule has 0 radical (unpaired) electrons. The van der Waals surface area contributed by atoms with Crippen molar-refractivity contribution in [3.05, 3.63) is 161 Å². The van der Waals surface area contributed by atoms with Gasteiger partial charge >= 0.3 is 0 Å². The van der Waals surface area contributed by atoms with E-state index in [0.717, 1.165) is 39.1 Å². The molecule has 1 aromatic heterocycles. The van der Waals surface area contributed by atoms with E-state index in [1.807, 2.05) is 66.7 Å². The summed E-state index contributed by atoms with van der Waals surface area (Å²) in [5, 5.41) is 21.2. The van der Waals surface area contributed by atoms with Gasteiger partial charge in [-0.1, -0.05) is 91.0 Å². The van der Waals surface area contributed by atoms with Crippen molar-refractivity contribution in [2.24, 2.45) is 0 Å². The van der Waals surface area contributed by atoms with Gasteiger partial charge in [-0.3, -0.25) is 4.98 Å². The number of benzene rings is 4. The van der Waals surface area contributed by atoms with Gasteiger partial charge in [0, 0.05) is 19.0 Å². The van der Waals surface area contributed by atoms with Gasteiger partial charge in [-0.05, 0) is 57.6 Å². The third-order valence-electron chi connectivity index (χ3n) is 6.33. The van der Waals surface area contributed by atoms with E-state index < -0.39 is 0 Å². The molecule has 1 heterocycles. The van der Waals surface area contributed by atoms with Crippen LogP contribution < -0.4 is 0 Å². The quantitative estimate of drug-likeness (QED) is 0.281. The number of phenols is 2. The fourth-order valence-corrected chi connectivity index (χ4v) is 4.57. The van der Waals surface area contributed by atoms with Gasteiger partial charge in [0.2, 0.25) is 0 Å². The van der Waals surface area contributed by atoms with E-state index in [9.17, 15) is 10.2 Å². The molecule has 0 aliphatic rings. The van der Waals surface area contributed by atoms with Crippen molar-refractivity contribution in [3.8, 4) is 11.5 Å². The molecule has 0 atom stereocenters. The Morgan fingerprint density at radius 1 is 0.543 bits per heavy atom. The maximum Gasteiger partial charge on any atom is 0.119 e. The normalized spacial score (nSPS) is 11.0. The highest BCUT2D eigenvalue weighted by Gasteiger charge is 2.21. The van der Waals surface area contributed by atoms with Crippen molar-refractivity contribution in [3.63, 3.8) is 0 Å². The first-order valence-electron chi connectivity index (χ1n) is 11.8. The summed E-state index contributed by atoms with van der Waals surface area (Å²) < 4.78 is 0. The first-order chi connectivity index (χ1) is 17.2. The van der Waals surface area contributed by atoms with Crippen LogP contribution in [0.1, 0.15) is 45.0 Å². The first-order valence-corrected chi connectivity index (χ1v) is 11.8. The van der Waals surface area contributed by atoms with Gasteiger partial charge in [-0.25, -0.2) is 0 Å². The van der Waals surface area contributed by atoms with Crippen LogP contribution in [0.3, 0.4) is 0 Å². The molecule has 3 nitrogen and oxygen atoms in total. The number of pyridine rings is 1. The van der Waals surface area contributed by atoms with E-state index in [-0.39, 0.29) is 17.4 Å². The minimum Gasteiger partial charge on any atom is -0.508 e. The van der Waals surface area contributed by atoms with Crippen LogP contribution >= 0.6 is 0 Å². The zero-order valence-electron chi connectivity index (χ0n) is 19.4. The molecule has 0 aliphatic heterocycles. The highest BCUT2D eigenvalue weighted by atomic mass is 16.3. The molecule has 0 spiro atoms. The van der Waals surface area contributed by atoms with Crippen molar-refractivity contribution < 1.29 is 10.2 Å². The van der Waals surface area contributed by atoms with Gasteiger partial charge in [0.15, 0.2) is 0 Å². The summed E-state index contributed by atoms with van der Waals surface area (Å²) in [5.41, 5.74) is 7.04. The van der Waals surface area contributed by atoms with Gasteiger partial charge in [-0.15, -0.1) is 0 Å². The maximum atomic E-state index is 10.6. The van der Waals surface area contributed by atoms with E-state index in [0.29, 0.717) is 12.8 Å². The molecule has 4 aromatic carbocycles. The highest BCUT2D eigenvalue weighted by Crippen LogP contribution is 2.36.